The third-order valence-corrected chi connectivity index (χ3v) is 8.50. The molecule has 0 bridgehead atoms. The van der Waals surface area contributed by atoms with E-state index in [1.165, 1.54) is 43.7 Å². The lowest BCUT2D eigenvalue weighted by molar-refractivity contribution is -0.384. The molecule has 2 N–H and O–H groups in total. The number of nitrogens with one attached hydrogen (secondary N) is 2. The van der Waals surface area contributed by atoms with Crippen LogP contribution in [0.3, 0.4) is 0 Å². The molecule has 0 saturated heterocycles. The van der Waals surface area contributed by atoms with Crippen LogP contribution in [-0.2, 0) is 24.9 Å². The molecule has 42 heavy (non-hydrogen) atoms. The number of nitro benzene ring substituents is 1. The van der Waals surface area contributed by atoms with Crippen molar-refractivity contribution in [2.24, 2.45) is 11.0 Å². The van der Waals surface area contributed by atoms with E-state index in [9.17, 15) is 31.7 Å². The normalized spacial score (nSPS) is 12.7. The van der Waals surface area contributed by atoms with E-state index < -0.39 is 37.0 Å². The van der Waals surface area contributed by atoms with Crippen LogP contribution in [0.2, 0.25) is 0 Å². The van der Waals surface area contributed by atoms with Gasteiger partial charge in [-0.15, -0.1) is 0 Å². The summed E-state index contributed by atoms with van der Waals surface area (Å²) in [7, 11) is -7.02. The maximum Gasteiger partial charge on any atom is 0.339 e. The van der Waals surface area contributed by atoms with E-state index in [2.05, 4.69) is 15.2 Å². The SMILES string of the molecule is COc1cc(/C=N\NC(=O)[C@@H](CC(C)C)NS(=O)(=O)c2ccc(C)cc2)ccc1OS(=O)(=O)c1ccc([N+](=O)[O-])cc1. The van der Waals surface area contributed by atoms with E-state index >= 15 is 0 Å². The minimum atomic E-state index is -4.34. The van der Waals surface area contributed by atoms with E-state index in [0.29, 0.717) is 5.56 Å². The lowest BCUT2D eigenvalue weighted by atomic mass is 10.0. The fraction of sp³-hybridized carbons (Fsp3) is 0.259. The number of methoxy groups -OCH3 is 1. The van der Waals surface area contributed by atoms with Crippen LogP contribution in [0.15, 0.2) is 81.6 Å². The van der Waals surface area contributed by atoms with Crippen molar-refractivity contribution < 1.29 is 35.5 Å². The molecule has 13 nitrogen and oxygen atoms in total. The first-order valence-corrected chi connectivity index (χ1v) is 15.4. The number of ether oxygens (including phenoxy) is 1. The number of amides is 1. The van der Waals surface area contributed by atoms with Crippen LogP contribution in [0.4, 0.5) is 5.69 Å². The quantitative estimate of drug-likeness (QED) is 0.125. The van der Waals surface area contributed by atoms with Crippen LogP contribution in [0, 0.1) is 23.0 Å². The van der Waals surface area contributed by atoms with Crippen molar-refractivity contribution >= 4 is 38.0 Å². The smallest absolute Gasteiger partial charge is 0.339 e. The second kappa shape index (κ2) is 13.5. The molecule has 1 amide bonds. The number of nitrogens with zero attached hydrogens (tertiary/aromatic N) is 2. The zero-order chi connectivity index (χ0) is 31.1. The largest absolute Gasteiger partial charge is 0.493 e. The predicted molar refractivity (Wildman–Crippen MR) is 154 cm³/mol. The molecule has 0 heterocycles. The Hall–Kier alpha value is -4.34. The summed E-state index contributed by atoms with van der Waals surface area (Å²) >= 11 is 0. The average molecular weight is 619 g/mol. The minimum absolute atomic E-state index is 0.00969. The molecule has 3 aromatic carbocycles. The third-order valence-electron chi connectivity index (χ3n) is 5.76. The first-order valence-electron chi connectivity index (χ1n) is 12.5. The Morgan fingerprint density at radius 2 is 1.60 bits per heavy atom. The number of rotatable bonds is 13. The molecule has 3 aromatic rings. The standard InChI is InChI=1S/C27H30N4O9S2/c1-18(2)15-24(30-41(35,36)22-10-5-19(3)6-11-22)27(32)29-28-17-20-7-14-25(26(16-20)39-4)40-42(37,38)23-12-8-21(9-13-23)31(33)34/h5-14,16-18,24,30H,15H2,1-4H3,(H,29,32)/b28-17-/t24-/m1/s1. The number of benzene rings is 3. The van der Waals surface area contributed by atoms with Gasteiger partial charge >= 0.3 is 10.1 Å². The highest BCUT2D eigenvalue weighted by molar-refractivity contribution is 7.89. The predicted octanol–water partition coefficient (Wildman–Crippen LogP) is 3.52. The number of hydrazone groups is 1. The number of hydrogen-bond donors (Lipinski definition) is 2. The van der Waals surface area contributed by atoms with Crippen LogP contribution in [0.25, 0.3) is 0 Å². The fourth-order valence-electron chi connectivity index (χ4n) is 3.64. The van der Waals surface area contributed by atoms with Gasteiger partial charge in [0.1, 0.15) is 10.9 Å². The van der Waals surface area contributed by atoms with Crippen LogP contribution in [-0.4, -0.2) is 47.0 Å². The Balaban J connectivity index is 1.72. The highest BCUT2D eigenvalue weighted by Gasteiger charge is 2.26. The number of non-ortho nitro benzene ring substituents is 1. The second-order valence-corrected chi connectivity index (χ2v) is 12.8. The maximum atomic E-state index is 12.9. The lowest BCUT2D eigenvalue weighted by Gasteiger charge is -2.19. The van der Waals surface area contributed by atoms with Crippen LogP contribution < -0.4 is 19.1 Å². The molecule has 0 unspecified atom stereocenters. The van der Waals surface area contributed by atoms with E-state index in [0.717, 1.165) is 29.8 Å². The molecule has 0 aliphatic heterocycles. The first-order chi connectivity index (χ1) is 19.7. The van der Waals surface area contributed by atoms with Crippen LogP contribution in [0.5, 0.6) is 11.5 Å². The molecule has 0 aromatic heterocycles. The first kappa shape index (κ1) is 32.2. The summed E-state index contributed by atoms with van der Waals surface area (Å²) in [4.78, 5) is 22.8. The number of carbonyl (C=O) groups is 1. The van der Waals surface area contributed by atoms with Crippen molar-refractivity contribution in [3.05, 3.63) is 88.0 Å². The molecule has 0 radical (unpaired) electrons. The maximum absolute atomic E-state index is 12.9. The minimum Gasteiger partial charge on any atom is -0.493 e. The highest BCUT2D eigenvalue weighted by Crippen LogP contribution is 2.31. The summed E-state index contributed by atoms with van der Waals surface area (Å²) in [5, 5.41) is 14.7. The average Bonchev–Trinajstić information content (AvgIpc) is 2.93. The summed E-state index contributed by atoms with van der Waals surface area (Å²) in [5.74, 6) is -0.805. The summed E-state index contributed by atoms with van der Waals surface area (Å²) in [5.41, 5.74) is 3.34. The zero-order valence-electron chi connectivity index (χ0n) is 23.2. The van der Waals surface area contributed by atoms with Crippen molar-refractivity contribution in [3.8, 4) is 11.5 Å². The van der Waals surface area contributed by atoms with E-state index in [-0.39, 0.29) is 39.3 Å². The highest BCUT2D eigenvalue weighted by atomic mass is 32.2. The van der Waals surface area contributed by atoms with Gasteiger partial charge in [0.2, 0.25) is 10.0 Å². The molecule has 0 saturated carbocycles. The number of aryl methyl sites for hydroxylation is 1. The van der Waals surface area contributed by atoms with E-state index in [4.69, 9.17) is 8.92 Å². The van der Waals surface area contributed by atoms with Gasteiger partial charge in [-0.25, -0.2) is 13.8 Å². The van der Waals surface area contributed by atoms with E-state index in [1.807, 2.05) is 20.8 Å². The van der Waals surface area contributed by atoms with Crippen molar-refractivity contribution in [1.82, 2.24) is 10.1 Å². The number of hydrogen-bond acceptors (Lipinski definition) is 10. The lowest BCUT2D eigenvalue weighted by Crippen LogP contribution is -2.46. The molecule has 0 spiro atoms. The topological polar surface area (TPSA) is 183 Å². The number of nitro groups is 1. The molecule has 0 aliphatic rings. The van der Waals surface area contributed by atoms with Gasteiger partial charge in [-0.1, -0.05) is 31.5 Å². The summed E-state index contributed by atoms with van der Waals surface area (Å²) in [6, 6.07) is 13.5. The fourth-order valence-corrected chi connectivity index (χ4v) is 5.78. The molecule has 3 rings (SSSR count). The molecular formula is C27H30N4O9S2. The van der Waals surface area contributed by atoms with E-state index in [1.54, 1.807) is 12.1 Å². The molecule has 224 valence electrons. The van der Waals surface area contributed by atoms with Gasteiger partial charge in [0.15, 0.2) is 11.5 Å². The Morgan fingerprint density at radius 1 is 0.976 bits per heavy atom. The molecule has 0 fully saturated rings. The summed E-state index contributed by atoms with van der Waals surface area (Å²) in [6.07, 6.45) is 1.48. The van der Waals surface area contributed by atoms with Crippen LogP contribution in [0.1, 0.15) is 31.4 Å². The van der Waals surface area contributed by atoms with Gasteiger partial charge in [-0.2, -0.15) is 18.2 Å². The monoisotopic (exact) mass is 618 g/mol. The molecule has 1 atom stereocenters. The molecule has 15 heteroatoms. The number of sulfonamides is 1. The summed E-state index contributed by atoms with van der Waals surface area (Å²) < 4.78 is 63.8. The van der Waals surface area contributed by atoms with Gasteiger partial charge in [0.05, 0.1) is 23.1 Å². The Morgan fingerprint density at radius 3 is 2.17 bits per heavy atom. The third kappa shape index (κ3) is 8.58. The van der Waals surface area contributed by atoms with Crippen molar-refractivity contribution in [1.29, 1.82) is 0 Å². The van der Waals surface area contributed by atoms with Crippen LogP contribution >= 0.6 is 0 Å². The van der Waals surface area contributed by atoms with Crippen molar-refractivity contribution in [2.75, 3.05) is 7.11 Å². The molecule has 0 aliphatic carbocycles. The van der Waals surface area contributed by atoms with Gasteiger partial charge < -0.3 is 8.92 Å². The van der Waals surface area contributed by atoms with Gasteiger partial charge in [-0.05, 0) is 67.3 Å². The van der Waals surface area contributed by atoms with Gasteiger partial charge in [0.25, 0.3) is 11.6 Å². The Kier molecular flexibility index (Phi) is 10.4. The second-order valence-electron chi connectivity index (χ2n) is 9.55. The number of carbonyl (C=O) groups excluding carboxylic acids is 1. The van der Waals surface area contributed by atoms with Gasteiger partial charge in [0, 0.05) is 12.1 Å². The zero-order valence-corrected chi connectivity index (χ0v) is 24.8. The Labute approximate surface area is 243 Å². The summed E-state index contributed by atoms with van der Waals surface area (Å²) in [6.45, 7) is 5.53. The van der Waals surface area contributed by atoms with Gasteiger partial charge in [-0.3, -0.25) is 14.9 Å². The van der Waals surface area contributed by atoms with Crippen molar-refractivity contribution in [2.45, 2.75) is 43.0 Å². The Bertz CT molecular complexity index is 1670. The van der Waals surface area contributed by atoms with Crippen molar-refractivity contribution in [3.63, 3.8) is 0 Å². The molecular weight excluding hydrogens is 588 g/mol.